The predicted molar refractivity (Wildman–Crippen MR) is 185 cm³/mol. The normalized spacial score (nSPS) is 21.8. The minimum absolute atomic E-state index is 0.105. The first-order valence-electron chi connectivity index (χ1n) is 16.5. The number of benzene rings is 2. The second-order valence-corrected chi connectivity index (χ2v) is 17.0. The summed E-state index contributed by atoms with van der Waals surface area (Å²) >= 11 is -1.53. The maximum atomic E-state index is 15.6. The van der Waals surface area contributed by atoms with Crippen molar-refractivity contribution in [3.63, 3.8) is 0 Å². The molecule has 2 fully saturated rings. The molecule has 2 amide bonds. The molecule has 1 saturated carbocycles. The van der Waals surface area contributed by atoms with Crippen LogP contribution in [-0.4, -0.2) is 54.5 Å². The zero-order valence-electron chi connectivity index (χ0n) is 28.6. The summed E-state index contributed by atoms with van der Waals surface area (Å²) < 4.78 is 37.7. The molecule has 9 nitrogen and oxygen atoms in total. The zero-order valence-corrected chi connectivity index (χ0v) is 29.4. The molecule has 3 aromatic rings. The lowest BCUT2D eigenvalue weighted by Crippen LogP contribution is -2.52. The van der Waals surface area contributed by atoms with Gasteiger partial charge in [-0.25, -0.2) is 9.18 Å². The SMILES string of the molecule is CC(C)(C)OC(=O)N1C[C@@](O)(c2ccccc2)C[C@H]1C(=O)Nc1cc([C@](CCC2CC2)(N[S+]([O-])C(C)(C)C)c2ccccn2)ccc1F. The molecular weight excluding hydrogens is 631 g/mol. The van der Waals surface area contributed by atoms with Crippen molar-refractivity contribution in [1.29, 1.82) is 0 Å². The molecule has 0 bridgehead atoms. The van der Waals surface area contributed by atoms with Crippen LogP contribution in [0.1, 0.15) is 90.5 Å². The van der Waals surface area contributed by atoms with E-state index in [-0.39, 0.29) is 18.7 Å². The molecule has 11 heteroatoms. The number of aromatic nitrogens is 1. The maximum Gasteiger partial charge on any atom is 0.411 e. The molecule has 1 unspecified atom stereocenters. The fourth-order valence-corrected chi connectivity index (χ4v) is 6.98. The van der Waals surface area contributed by atoms with Crippen molar-refractivity contribution in [2.24, 2.45) is 5.92 Å². The molecule has 1 aliphatic carbocycles. The Kier molecular flexibility index (Phi) is 10.3. The molecular formula is C37H47FN4O5S. The number of nitrogens with one attached hydrogen (secondary N) is 2. The van der Waals surface area contributed by atoms with Gasteiger partial charge in [0.25, 0.3) is 0 Å². The summed E-state index contributed by atoms with van der Waals surface area (Å²) in [4.78, 5) is 33.3. The average Bonchev–Trinajstić information content (AvgIpc) is 3.79. The second-order valence-electron chi connectivity index (χ2n) is 15.0. The number of β-amino-alcohol motifs (C(OH)–C–C–N with tert-alkyl or cyclic N) is 1. The Balaban J connectivity index is 1.52. The number of hydrogen-bond donors (Lipinski definition) is 3. The zero-order chi connectivity index (χ0) is 34.9. The first kappa shape index (κ1) is 35.8. The number of aliphatic hydroxyl groups is 1. The number of hydrogen-bond acceptors (Lipinski definition) is 7. The number of amides is 2. The standard InChI is InChI=1S/C37H47FN4O5S/c1-34(2,3)47-33(44)42-24-36(45,26-12-8-7-9-13-26)23-30(42)32(43)40-29-22-27(17-18-28(29)38)37(20-19-25-15-16-25,31-14-10-11-21-39-31)41-48(46)35(4,5)6/h7-14,17-18,21-22,25,30,41,45H,15-16,19-20,23-24H2,1-6H3,(H,40,43)/t30-,36+,37-,48?/m0/s1. The quantitative estimate of drug-likeness (QED) is 0.208. The van der Waals surface area contributed by atoms with Gasteiger partial charge in [-0.3, -0.25) is 14.7 Å². The summed E-state index contributed by atoms with van der Waals surface area (Å²) in [6, 6.07) is 17.7. The largest absolute Gasteiger partial charge is 0.598 e. The van der Waals surface area contributed by atoms with E-state index in [9.17, 15) is 19.2 Å². The van der Waals surface area contributed by atoms with Crippen LogP contribution >= 0.6 is 0 Å². The lowest BCUT2D eigenvalue weighted by molar-refractivity contribution is -0.120. The molecule has 5 rings (SSSR count). The molecule has 2 aromatic carbocycles. The number of ether oxygens (including phenoxy) is 1. The summed E-state index contributed by atoms with van der Waals surface area (Å²) in [5, 5.41) is 14.4. The minimum atomic E-state index is -1.53. The topological polar surface area (TPSA) is 127 Å². The second kappa shape index (κ2) is 13.8. The van der Waals surface area contributed by atoms with Gasteiger partial charge in [0, 0.05) is 24.0 Å². The number of halogens is 1. The number of rotatable bonds is 10. The van der Waals surface area contributed by atoms with Crippen LogP contribution in [0.15, 0.2) is 72.9 Å². The van der Waals surface area contributed by atoms with Gasteiger partial charge in [-0.05, 0) is 95.7 Å². The van der Waals surface area contributed by atoms with Crippen molar-refractivity contribution in [2.45, 2.75) is 101 Å². The van der Waals surface area contributed by atoms with E-state index in [4.69, 9.17) is 4.74 Å². The number of anilines is 1. The molecule has 4 atom stereocenters. The van der Waals surface area contributed by atoms with E-state index in [1.165, 1.54) is 11.0 Å². The van der Waals surface area contributed by atoms with E-state index in [0.29, 0.717) is 29.2 Å². The third-order valence-corrected chi connectivity index (χ3v) is 10.5. The van der Waals surface area contributed by atoms with Gasteiger partial charge in [0.1, 0.15) is 33.3 Å². The number of nitrogens with zero attached hydrogens (tertiary/aromatic N) is 2. The number of likely N-dealkylation sites (tertiary alicyclic amines) is 1. The molecule has 1 aliphatic heterocycles. The summed E-state index contributed by atoms with van der Waals surface area (Å²) in [5.41, 5.74) is -1.76. The van der Waals surface area contributed by atoms with Crippen LogP contribution in [0.25, 0.3) is 0 Å². The van der Waals surface area contributed by atoms with Crippen molar-refractivity contribution in [3.8, 4) is 0 Å². The highest BCUT2D eigenvalue weighted by Gasteiger charge is 2.50. The van der Waals surface area contributed by atoms with Crippen LogP contribution in [0.4, 0.5) is 14.9 Å². The summed E-state index contributed by atoms with van der Waals surface area (Å²) in [6.07, 6.45) is 4.44. The van der Waals surface area contributed by atoms with Gasteiger partial charge >= 0.3 is 6.09 Å². The molecule has 258 valence electrons. The van der Waals surface area contributed by atoms with E-state index in [1.54, 1.807) is 69.4 Å². The van der Waals surface area contributed by atoms with Crippen LogP contribution in [0.5, 0.6) is 0 Å². The number of pyridine rings is 1. The highest BCUT2D eigenvalue weighted by Crippen LogP contribution is 2.43. The Morgan fingerprint density at radius 3 is 2.35 bits per heavy atom. The van der Waals surface area contributed by atoms with E-state index < -0.39 is 56.7 Å². The Morgan fingerprint density at radius 1 is 1.06 bits per heavy atom. The Hall–Kier alpha value is -3.51. The number of carbonyl (C=O) groups is 2. The molecule has 48 heavy (non-hydrogen) atoms. The minimum Gasteiger partial charge on any atom is -0.598 e. The Bertz CT molecular complexity index is 1590. The molecule has 0 spiro atoms. The molecule has 1 saturated heterocycles. The van der Waals surface area contributed by atoms with Gasteiger partial charge in [0.15, 0.2) is 0 Å². The smallest absolute Gasteiger partial charge is 0.411 e. The highest BCUT2D eigenvalue weighted by molar-refractivity contribution is 7.90. The van der Waals surface area contributed by atoms with Crippen molar-refractivity contribution >= 4 is 29.0 Å². The number of carbonyl (C=O) groups excluding carboxylic acids is 2. The lowest BCUT2D eigenvalue weighted by atomic mass is 9.82. The maximum absolute atomic E-state index is 15.6. The van der Waals surface area contributed by atoms with Crippen LogP contribution in [0.3, 0.4) is 0 Å². The van der Waals surface area contributed by atoms with Crippen LogP contribution in [0, 0.1) is 11.7 Å². The first-order valence-corrected chi connectivity index (χ1v) is 17.7. The van der Waals surface area contributed by atoms with Gasteiger partial charge in [-0.15, -0.1) is 4.72 Å². The predicted octanol–water partition coefficient (Wildman–Crippen LogP) is 6.54. The van der Waals surface area contributed by atoms with Crippen molar-refractivity contribution in [2.75, 3.05) is 11.9 Å². The fraction of sp³-hybridized carbons (Fsp3) is 0.486. The van der Waals surface area contributed by atoms with Gasteiger partial charge < -0.3 is 19.7 Å². The summed E-state index contributed by atoms with van der Waals surface area (Å²) in [5.74, 6) is -0.806. The van der Waals surface area contributed by atoms with Gasteiger partial charge in [0.05, 0.1) is 17.9 Å². The average molecular weight is 679 g/mol. The van der Waals surface area contributed by atoms with Gasteiger partial charge in [0.2, 0.25) is 5.91 Å². The fourth-order valence-electron chi connectivity index (χ4n) is 6.03. The lowest BCUT2D eigenvalue weighted by Gasteiger charge is -2.38. The van der Waals surface area contributed by atoms with Crippen molar-refractivity contribution in [1.82, 2.24) is 14.6 Å². The molecule has 2 aliphatic rings. The van der Waals surface area contributed by atoms with Crippen LogP contribution in [0.2, 0.25) is 0 Å². The Labute approximate surface area is 286 Å². The first-order chi connectivity index (χ1) is 22.5. The monoisotopic (exact) mass is 678 g/mol. The van der Waals surface area contributed by atoms with E-state index >= 15 is 4.39 Å². The van der Waals surface area contributed by atoms with Gasteiger partial charge in [-0.1, -0.05) is 55.3 Å². The van der Waals surface area contributed by atoms with Crippen LogP contribution in [-0.2, 0) is 32.0 Å². The van der Waals surface area contributed by atoms with E-state index in [1.807, 2.05) is 39.0 Å². The highest BCUT2D eigenvalue weighted by atomic mass is 32.2. The summed E-state index contributed by atoms with van der Waals surface area (Å²) in [7, 11) is 0. The summed E-state index contributed by atoms with van der Waals surface area (Å²) in [6.45, 7) is 10.6. The molecule has 2 heterocycles. The molecule has 0 radical (unpaired) electrons. The Morgan fingerprint density at radius 2 is 1.75 bits per heavy atom. The van der Waals surface area contributed by atoms with Crippen molar-refractivity contribution < 1.29 is 28.4 Å². The van der Waals surface area contributed by atoms with Crippen molar-refractivity contribution in [3.05, 3.63) is 95.6 Å². The van der Waals surface area contributed by atoms with Crippen LogP contribution < -0.4 is 10.0 Å². The van der Waals surface area contributed by atoms with Gasteiger partial charge in [-0.2, -0.15) is 0 Å². The molecule has 1 aromatic heterocycles. The molecule has 3 N–H and O–H groups in total. The third kappa shape index (κ3) is 8.19. The van der Waals surface area contributed by atoms with E-state index in [0.717, 1.165) is 19.3 Å². The third-order valence-electron chi connectivity index (χ3n) is 8.85. The van der Waals surface area contributed by atoms with E-state index in [2.05, 4.69) is 15.0 Å².